The smallest absolute Gasteiger partial charge is 0.319 e. The molecule has 0 saturated heterocycles. The number of urea groups is 1. The predicted octanol–water partition coefficient (Wildman–Crippen LogP) is 2.87. The van der Waals surface area contributed by atoms with Crippen molar-refractivity contribution in [3.05, 3.63) is 29.6 Å². The molecule has 0 aliphatic rings. The molecule has 0 unspecified atom stereocenters. The third kappa shape index (κ3) is 2.95. The van der Waals surface area contributed by atoms with Gasteiger partial charge in [0.2, 0.25) is 0 Å². The Hall–Kier alpha value is -1.58. The highest BCUT2D eigenvalue weighted by Crippen LogP contribution is 2.26. The van der Waals surface area contributed by atoms with Gasteiger partial charge in [0.25, 0.3) is 0 Å². The number of halogens is 1. The zero-order valence-electron chi connectivity index (χ0n) is 10.0. The first-order valence-corrected chi connectivity index (χ1v) is 5.13. The van der Waals surface area contributed by atoms with Crippen LogP contribution in [-0.2, 0) is 5.41 Å². The van der Waals surface area contributed by atoms with Gasteiger partial charge < -0.3 is 10.6 Å². The lowest BCUT2D eigenvalue weighted by Crippen LogP contribution is -2.25. The van der Waals surface area contributed by atoms with Crippen LogP contribution < -0.4 is 10.6 Å². The number of hydrogen-bond acceptors (Lipinski definition) is 1. The second-order valence-corrected chi connectivity index (χ2v) is 4.65. The highest BCUT2D eigenvalue weighted by Gasteiger charge is 2.16. The van der Waals surface area contributed by atoms with Crippen molar-refractivity contribution in [2.75, 3.05) is 12.4 Å². The first-order chi connectivity index (χ1) is 7.34. The summed E-state index contributed by atoms with van der Waals surface area (Å²) in [5, 5.41) is 4.83. The number of carbonyl (C=O) groups excluding carboxylic acids is 1. The van der Waals surface area contributed by atoms with E-state index in [0.717, 1.165) is 5.56 Å². The van der Waals surface area contributed by atoms with E-state index in [4.69, 9.17) is 0 Å². The molecule has 0 radical (unpaired) electrons. The lowest BCUT2D eigenvalue weighted by atomic mass is 9.87. The van der Waals surface area contributed by atoms with Crippen molar-refractivity contribution in [3.8, 4) is 0 Å². The molecular formula is C12H17FN2O. The Morgan fingerprint density at radius 3 is 2.44 bits per heavy atom. The van der Waals surface area contributed by atoms with Crippen LogP contribution in [0.5, 0.6) is 0 Å². The fraction of sp³-hybridized carbons (Fsp3) is 0.417. The minimum atomic E-state index is -0.434. The molecule has 1 aromatic carbocycles. The van der Waals surface area contributed by atoms with E-state index in [9.17, 15) is 9.18 Å². The summed E-state index contributed by atoms with van der Waals surface area (Å²) in [5.74, 6) is -0.434. The van der Waals surface area contributed by atoms with Crippen LogP contribution in [0.15, 0.2) is 18.2 Å². The van der Waals surface area contributed by atoms with Gasteiger partial charge in [0.15, 0.2) is 0 Å². The maximum absolute atomic E-state index is 13.4. The van der Waals surface area contributed by atoms with Gasteiger partial charge in [0, 0.05) is 7.05 Å². The van der Waals surface area contributed by atoms with E-state index in [2.05, 4.69) is 10.6 Å². The summed E-state index contributed by atoms with van der Waals surface area (Å²) in [6.07, 6.45) is 0. The van der Waals surface area contributed by atoms with Crippen LogP contribution in [-0.4, -0.2) is 13.1 Å². The van der Waals surface area contributed by atoms with Gasteiger partial charge in [-0.15, -0.1) is 0 Å². The van der Waals surface area contributed by atoms with Crippen molar-refractivity contribution in [2.24, 2.45) is 0 Å². The molecule has 1 aromatic rings. The molecule has 0 heterocycles. The summed E-state index contributed by atoms with van der Waals surface area (Å²) in [4.78, 5) is 11.1. The lowest BCUT2D eigenvalue weighted by Gasteiger charge is -2.20. The van der Waals surface area contributed by atoms with Crippen LogP contribution in [0.1, 0.15) is 26.3 Å². The first kappa shape index (κ1) is 12.5. The Morgan fingerprint density at radius 1 is 1.31 bits per heavy atom. The molecule has 0 fully saturated rings. The molecule has 0 spiro atoms. The molecule has 2 amide bonds. The molecule has 0 atom stereocenters. The van der Waals surface area contributed by atoms with E-state index in [1.807, 2.05) is 20.8 Å². The van der Waals surface area contributed by atoms with E-state index >= 15 is 0 Å². The van der Waals surface area contributed by atoms with Crippen LogP contribution in [0.3, 0.4) is 0 Å². The van der Waals surface area contributed by atoms with Gasteiger partial charge in [-0.2, -0.15) is 0 Å². The molecule has 16 heavy (non-hydrogen) atoms. The maximum Gasteiger partial charge on any atom is 0.319 e. The van der Waals surface area contributed by atoms with E-state index in [-0.39, 0.29) is 11.1 Å². The zero-order chi connectivity index (χ0) is 12.3. The molecule has 88 valence electrons. The van der Waals surface area contributed by atoms with Crippen molar-refractivity contribution in [3.63, 3.8) is 0 Å². The highest BCUT2D eigenvalue weighted by atomic mass is 19.1. The molecule has 0 bridgehead atoms. The fourth-order valence-electron chi connectivity index (χ4n) is 1.27. The molecule has 0 aliphatic carbocycles. The van der Waals surface area contributed by atoms with Crippen molar-refractivity contribution < 1.29 is 9.18 Å². The summed E-state index contributed by atoms with van der Waals surface area (Å²) in [6, 6.07) is 4.32. The number of anilines is 1. The van der Waals surface area contributed by atoms with Crippen molar-refractivity contribution in [2.45, 2.75) is 26.2 Å². The van der Waals surface area contributed by atoms with Gasteiger partial charge in [-0.1, -0.05) is 26.8 Å². The van der Waals surface area contributed by atoms with Crippen LogP contribution in [0.25, 0.3) is 0 Å². The van der Waals surface area contributed by atoms with E-state index in [1.54, 1.807) is 12.1 Å². The molecule has 0 saturated carbocycles. The number of carbonyl (C=O) groups is 1. The van der Waals surface area contributed by atoms with Crippen LogP contribution in [0.2, 0.25) is 0 Å². The Balaban J connectivity index is 3.04. The number of amides is 2. The third-order valence-electron chi connectivity index (χ3n) is 2.31. The van der Waals surface area contributed by atoms with E-state index in [1.165, 1.54) is 13.1 Å². The monoisotopic (exact) mass is 224 g/mol. The quantitative estimate of drug-likeness (QED) is 0.756. The minimum Gasteiger partial charge on any atom is -0.341 e. The zero-order valence-corrected chi connectivity index (χ0v) is 10.0. The Labute approximate surface area is 95.0 Å². The number of nitrogens with one attached hydrogen (secondary N) is 2. The number of benzene rings is 1. The summed E-state index contributed by atoms with van der Waals surface area (Å²) in [5.41, 5.74) is 1.10. The summed E-state index contributed by atoms with van der Waals surface area (Å²) in [7, 11) is 1.49. The predicted molar refractivity (Wildman–Crippen MR) is 63.2 cm³/mol. The summed E-state index contributed by atoms with van der Waals surface area (Å²) < 4.78 is 13.4. The number of hydrogen-bond donors (Lipinski definition) is 2. The Kier molecular flexibility index (Phi) is 3.52. The first-order valence-electron chi connectivity index (χ1n) is 5.13. The molecule has 3 nitrogen and oxygen atoms in total. The number of rotatable bonds is 1. The SMILES string of the molecule is CNC(=O)Nc1cc(C(C)(C)C)ccc1F. The fourth-order valence-corrected chi connectivity index (χ4v) is 1.27. The van der Waals surface area contributed by atoms with Gasteiger partial charge in [-0.3, -0.25) is 0 Å². The lowest BCUT2D eigenvalue weighted by molar-refractivity contribution is 0.254. The minimum absolute atomic E-state index is 0.0766. The Morgan fingerprint density at radius 2 is 1.94 bits per heavy atom. The topological polar surface area (TPSA) is 41.1 Å². The molecule has 1 rings (SSSR count). The largest absolute Gasteiger partial charge is 0.341 e. The van der Waals surface area contributed by atoms with Gasteiger partial charge in [-0.05, 0) is 23.1 Å². The van der Waals surface area contributed by atoms with Crippen LogP contribution in [0.4, 0.5) is 14.9 Å². The van der Waals surface area contributed by atoms with Crippen molar-refractivity contribution >= 4 is 11.7 Å². The van der Waals surface area contributed by atoms with Gasteiger partial charge in [0.05, 0.1) is 5.69 Å². The van der Waals surface area contributed by atoms with Crippen LogP contribution >= 0.6 is 0 Å². The van der Waals surface area contributed by atoms with E-state index in [0.29, 0.717) is 0 Å². The summed E-state index contributed by atoms with van der Waals surface area (Å²) >= 11 is 0. The molecule has 2 N–H and O–H groups in total. The average Bonchev–Trinajstić information content (AvgIpc) is 2.19. The van der Waals surface area contributed by atoms with Crippen LogP contribution in [0, 0.1) is 5.82 Å². The standard InChI is InChI=1S/C12H17FN2O/c1-12(2,3)8-5-6-9(13)10(7-8)15-11(16)14-4/h5-7H,1-4H3,(H2,14,15,16). The second kappa shape index (κ2) is 4.51. The molecule has 0 aromatic heterocycles. The molecule has 4 heteroatoms. The molecule has 0 aliphatic heterocycles. The Bertz CT molecular complexity index is 396. The van der Waals surface area contributed by atoms with Gasteiger partial charge >= 0.3 is 6.03 Å². The third-order valence-corrected chi connectivity index (χ3v) is 2.31. The molecular weight excluding hydrogens is 207 g/mol. The highest BCUT2D eigenvalue weighted by molar-refractivity contribution is 5.89. The second-order valence-electron chi connectivity index (χ2n) is 4.65. The maximum atomic E-state index is 13.4. The average molecular weight is 224 g/mol. The van der Waals surface area contributed by atoms with Crippen molar-refractivity contribution in [1.82, 2.24) is 5.32 Å². The summed E-state index contributed by atoms with van der Waals surface area (Å²) in [6.45, 7) is 6.09. The van der Waals surface area contributed by atoms with Gasteiger partial charge in [0.1, 0.15) is 5.82 Å². The van der Waals surface area contributed by atoms with Gasteiger partial charge in [-0.25, -0.2) is 9.18 Å². The normalized spacial score (nSPS) is 11.1. The van der Waals surface area contributed by atoms with Crippen molar-refractivity contribution in [1.29, 1.82) is 0 Å². The van der Waals surface area contributed by atoms with E-state index < -0.39 is 11.8 Å².